The molecule has 0 bridgehead atoms. The Hall–Kier alpha value is -2.42. The van der Waals surface area contributed by atoms with Gasteiger partial charge in [0.15, 0.2) is 6.10 Å². The number of nitrogens with one attached hydrogen (secondary N) is 1. The first-order valence-electron chi connectivity index (χ1n) is 8.00. The van der Waals surface area contributed by atoms with E-state index in [1.165, 1.54) is 20.0 Å². The lowest BCUT2D eigenvalue weighted by Gasteiger charge is -2.42. The van der Waals surface area contributed by atoms with Crippen LogP contribution in [0.25, 0.3) is 0 Å². The summed E-state index contributed by atoms with van der Waals surface area (Å²) in [6.45, 7) is 6.29. The fraction of sp³-hybridized carbons (Fsp3) is 0.625. The predicted octanol–water partition coefficient (Wildman–Crippen LogP) is 0.724. The predicted molar refractivity (Wildman–Crippen MR) is 86.4 cm³/mol. The second-order valence-corrected chi connectivity index (χ2v) is 6.56. The molecule has 9 nitrogen and oxygen atoms in total. The van der Waals surface area contributed by atoms with Crippen molar-refractivity contribution < 1.29 is 24.5 Å². The molecule has 0 spiro atoms. The first-order valence-corrected chi connectivity index (χ1v) is 8.00. The molecular weight excluding hydrogens is 332 g/mol. The molecule has 1 fully saturated rings. The number of hydrogen-bond donors (Lipinski definition) is 3. The third-order valence-corrected chi connectivity index (χ3v) is 5.63. The number of carboxylic acid groups (broad SMARTS) is 2. The molecule has 1 saturated heterocycles. The van der Waals surface area contributed by atoms with Gasteiger partial charge in [-0.15, -0.1) is 0 Å². The van der Waals surface area contributed by atoms with Gasteiger partial charge in [-0.05, 0) is 26.7 Å². The van der Waals surface area contributed by atoms with Gasteiger partial charge in [-0.1, -0.05) is 13.8 Å². The second-order valence-electron chi connectivity index (χ2n) is 6.56. The van der Waals surface area contributed by atoms with Crippen molar-refractivity contribution in [2.24, 2.45) is 10.8 Å². The number of carboxylic acids is 2. The minimum Gasteiger partial charge on any atom is -0.481 e. The van der Waals surface area contributed by atoms with Gasteiger partial charge in [-0.25, -0.2) is 9.59 Å². The van der Waals surface area contributed by atoms with Gasteiger partial charge in [0.1, 0.15) is 11.6 Å². The average molecular weight is 354 g/mol. The van der Waals surface area contributed by atoms with Gasteiger partial charge in [-0.2, -0.15) is 0 Å². The van der Waals surface area contributed by atoms with E-state index in [-0.39, 0.29) is 18.4 Å². The summed E-state index contributed by atoms with van der Waals surface area (Å²) in [5.74, 6) is -2.71. The Morgan fingerprint density at radius 3 is 2.28 bits per heavy atom. The molecule has 9 heteroatoms. The monoisotopic (exact) mass is 354 g/mol. The van der Waals surface area contributed by atoms with E-state index in [0.717, 1.165) is 4.57 Å². The number of aromatic nitrogens is 2. The van der Waals surface area contributed by atoms with E-state index in [0.29, 0.717) is 0 Å². The lowest BCUT2D eigenvalue weighted by atomic mass is 9.59. The van der Waals surface area contributed by atoms with Gasteiger partial charge in [-0.3, -0.25) is 19.1 Å². The Kier molecular flexibility index (Phi) is 4.65. The largest absolute Gasteiger partial charge is 0.481 e. The molecule has 1 aromatic rings. The van der Waals surface area contributed by atoms with Gasteiger partial charge in [0, 0.05) is 17.2 Å². The molecule has 2 heterocycles. The van der Waals surface area contributed by atoms with Crippen molar-refractivity contribution in [2.75, 3.05) is 0 Å². The van der Waals surface area contributed by atoms with Crippen molar-refractivity contribution in [2.45, 2.75) is 52.9 Å². The molecule has 0 aliphatic carbocycles. The Morgan fingerprint density at radius 1 is 1.28 bits per heavy atom. The summed E-state index contributed by atoms with van der Waals surface area (Å²) >= 11 is 0. The third-order valence-electron chi connectivity index (χ3n) is 5.63. The first-order chi connectivity index (χ1) is 11.6. The van der Waals surface area contributed by atoms with Crippen molar-refractivity contribution in [3.05, 3.63) is 32.6 Å². The zero-order chi connectivity index (χ0) is 19.2. The maximum Gasteiger partial charge on any atom is 0.334 e. The highest BCUT2D eigenvalue weighted by Gasteiger charge is 2.69. The van der Waals surface area contributed by atoms with Gasteiger partial charge < -0.3 is 14.9 Å². The molecule has 1 unspecified atom stereocenters. The number of aryl methyl sites for hydroxylation is 1. The second kappa shape index (κ2) is 6.14. The highest BCUT2D eigenvalue weighted by molar-refractivity contribution is 5.86. The number of ether oxygens (including phenoxy) is 1. The van der Waals surface area contributed by atoms with Crippen LogP contribution in [-0.4, -0.2) is 37.8 Å². The molecule has 2 rings (SSSR count). The highest BCUT2D eigenvalue weighted by atomic mass is 16.5. The molecule has 0 amide bonds. The summed E-state index contributed by atoms with van der Waals surface area (Å²) in [5.41, 5.74) is -4.01. The van der Waals surface area contributed by atoms with Crippen LogP contribution in [-0.2, 0) is 14.3 Å². The molecule has 1 aliphatic heterocycles. The van der Waals surface area contributed by atoms with Crippen LogP contribution in [0.15, 0.2) is 15.8 Å². The van der Waals surface area contributed by atoms with Gasteiger partial charge in [0.2, 0.25) is 0 Å². The van der Waals surface area contributed by atoms with Gasteiger partial charge in [0.05, 0.1) is 0 Å². The highest BCUT2D eigenvalue weighted by Crippen LogP contribution is 2.61. The maximum absolute atomic E-state index is 12.3. The number of nitrogens with zero attached hydrogens (tertiary/aromatic N) is 1. The maximum atomic E-state index is 12.3. The molecule has 25 heavy (non-hydrogen) atoms. The fourth-order valence-corrected chi connectivity index (χ4v) is 3.97. The molecule has 1 aliphatic rings. The van der Waals surface area contributed by atoms with Crippen molar-refractivity contribution >= 4 is 11.9 Å². The van der Waals surface area contributed by atoms with Crippen LogP contribution in [0.5, 0.6) is 0 Å². The molecule has 3 N–H and O–H groups in total. The minimum absolute atomic E-state index is 0.236. The van der Waals surface area contributed by atoms with Crippen LogP contribution < -0.4 is 11.2 Å². The number of carbonyl (C=O) groups is 2. The lowest BCUT2D eigenvalue weighted by Crippen LogP contribution is -2.52. The first kappa shape index (κ1) is 18.9. The normalized spacial score (nSPS) is 28.0. The van der Waals surface area contributed by atoms with Crippen molar-refractivity contribution in [3.63, 3.8) is 0 Å². The van der Waals surface area contributed by atoms with Gasteiger partial charge >= 0.3 is 17.6 Å². The van der Waals surface area contributed by atoms with Crippen molar-refractivity contribution in [1.82, 2.24) is 9.55 Å². The van der Waals surface area contributed by atoms with Crippen LogP contribution >= 0.6 is 0 Å². The van der Waals surface area contributed by atoms with Crippen LogP contribution in [0.3, 0.4) is 0 Å². The van der Waals surface area contributed by atoms with Crippen LogP contribution in [0, 0.1) is 17.8 Å². The zero-order valence-electron chi connectivity index (χ0n) is 14.5. The summed E-state index contributed by atoms with van der Waals surface area (Å²) in [7, 11) is 0. The van der Waals surface area contributed by atoms with Crippen molar-refractivity contribution in [3.8, 4) is 0 Å². The van der Waals surface area contributed by atoms with E-state index >= 15 is 0 Å². The number of aromatic amines is 1. The number of rotatable bonds is 5. The lowest BCUT2D eigenvalue weighted by molar-refractivity contribution is -0.168. The summed E-state index contributed by atoms with van der Waals surface area (Å²) in [4.78, 5) is 49.8. The molecule has 0 saturated carbocycles. The smallest absolute Gasteiger partial charge is 0.334 e. The van der Waals surface area contributed by atoms with E-state index in [4.69, 9.17) is 4.74 Å². The molecule has 1 aromatic heterocycles. The summed E-state index contributed by atoms with van der Waals surface area (Å²) in [6, 6.07) is 0. The standard InChI is InChI=1S/C16H22N2O7/c1-5-16(6-2)12(18-7-8(3)10(19)17-14(18)24)25-9(11(20)21)15(16,4)13(22)23/h7,9,12H,5-6H2,1-4H3,(H,20,21)(H,22,23)(H,17,19,24)/t9-,12-,15?/m0/s1. The van der Waals surface area contributed by atoms with E-state index in [2.05, 4.69) is 4.98 Å². The molecular formula is C16H22N2O7. The topological polar surface area (TPSA) is 139 Å². The molecule has 3 atom stereocenters. The average Bonchev–Trinajstić information content (AvgIpc) is 2.81. The summed E-state index contributed by atoms with van der Waals surface area (Å²) < 4.78 is 6.71. The minimum atomic E-state index is -1.75. The molecule has 0 aromatic carbocycles. The van der Waals surface area contributed by atoms with E-state index in [9.17, 15) is 29.4 Å². The quantitative estimate of drug-likeness (QED) is 0.708. The molecule has 0 radical (unpaired) electrons. The number of H-pyrrole nitrogens is 1. The summed E-state index contributed by atoms with van der Waals surface area (Å²) in [5, 5.41) is 19.4. The summed E-state index contributed by atoms with van der Waals surface area (Å²) in [6.07, 6.45) is -0.948. The van der Waals surface area contributed by atoms with Crippen molar-refractivity contribution in [1.29, 1.82) is 0 Å². The van der Waals surface area contributed by atoms with Crippen LogP contribution in [0.2, 0.25) is 0 Å². The zero-order valence-corrected chi connectivity index (χ0v) is 14.5. The van der Waals surface area contributed by atoms with E-state index < -0.39 is 46.3 Å². The Labute approximate surface area is 143 Å². The Morgan fingerprint density at radius 2 is 1.84 bits per heavy atom. The Balaban J connectivity index is 2.80. The van der Waals surface area contributed by atoms with E-state index in [1.807, 2.05) is 0 Å². The SMILES string of the molecule is CCC1(CC)[C@@H](n2cc(C)c(=O)[nH]c2=O)O[C@@H](C(=O)O)C1(C)C(=O)O. The number of hydrogen-bond acceptors (Lipinski definition) is 5. The van der Waals surface area contributed by atoms with Crippen LogP contribution in [0.4, 0.5) is 0 Å². The van der Waals surface area contributed by atoms with Gasteiger partial charge in [0.25, 0.3) is 5.56 Å². The fourth-order valence-electron chi connectivity index (χ4n) is 3.97. The van der Waals surface area contributed by atoms with E-state index in [1.54, 1.807) is 13.8 Å². The Bertz CT molecular complexity index is 821. The third kappa shape index (κ3) is 2.41. The molecule has 138 valence electrons. The van der Waals surface area contributed by atoms with Crippen LogP contribution in [0.1, 0.15) is 45.4 Å². The number of aliphatic carboxylic acids is 2.